The number of nitrogens with one attached hydrogen (secondary N) is 1. The molecule has 55 heavy (non-hydrogen) atoms. The number of aromatic amines is 1. The molecule has 0 amide bonds. The first kappa shape index (κ1) is 42.5. The number of rotatable bonds is 17. The minimum Gasteiger partial charge on any atom is -0.497 e. The Balaban J connectivity index is 0.000000876. The molecule has 2 N–H and O–H groups in total. The van der Waals surface area contributed by atoms with Gasteiger partial charge in [-0.25, -0.2) is 4.79 Å². The van der Waals surface area contributed by atoms with Crippen LogP contribution in [0.4, 0.5) is 0 Å². The molecule has 1 aliphatic rings. The molecule has 0 spiro atoms. The summed E-state index contributed by atoms with van der Waals surface area (Å²) in [6.07, 6.45) is -3.61. The predicted octanol–water partition coefficient (Wildman–Crippen LogP) is 4.60. The van der Waals surface area contributed by atoms with Crippen molar-refractivity contribution in [3.63, 3.8) is 0 Å². The number of hydrogen-bond acceptors (Lipinski definition) is 11. The second kappa shape index (κ2) is 20.4. The number of nitrogens with zero attached hydrogens (tertiary/aromatic N) is 2. The van der Waals surface area contributed by atoms with Crippen LogP contribution in [0.3, 0.4) is 0 Å². The topological polar surface area (TPSA) is 168 Å². The van der Waals surface area contributed by atoms with Crippen molar-refractivity contribution >= 4 is 11.9 Å². The fraction of sp³-hybridized carbons (Fsp3) is 0.415. The van der Waals surface area contributed by atoms with Gasteiger partial charge in [0.1, 0.15) is 42.0 Å². The zero-order valence-electron chi connectivity index (χ0n) is 32.1. The lowest BCUT2D eigenvalue weighted by Crippen LogP contribution is -2.46. The average molecular weight is 762 g/mol. The molecule has 0 aliphatic carbocycles. The monoisotopic (exact) mass is 761 g/mol. The third-order valence-corrected chi connectivity index (χ3v) is 9.46. The number of methoxy groups -OCH3 is 3. The van der Waals surface area contributed by atoms with Gasteiger partial charge < -0.3 is 38.4 Å². The number of esters is 1. The standard InChI is InChI=1S/C35H36N2O11.C6H15N/c1-43-25-13-9-23(10-14-25)35(22-7-5-4-6-8-22,24-11-15-26(44-2)16-12-24)48-31-27(21-46-30(41)18-17-29(39)40)47-33(32(31)45-3)37-20-19-28(38)36-34(37)42;1-4-7(5-2)6-3/h4-16,19-20,27,31-33H,17-18,21H2,1-3H3,(H,39,40)(H,36,38,42);4-6H2,1-3H3/t27-,31-,32-,33-;/m1./s1. The maximum absolute atomic E-state index is 13.0. The summed E-state index contributed by atoms with van der Waals surface area (Å²) in [5.41, 5.74) is -0.542. The third-order valence-electron chi connectivity index (χ3n) is 9.46. The van der Waals surface area contributed by atoms with Crippen LogP contribution in [-0.4, -0.2) is 97.4 Å². The van der Waals surface area contributed by atoms with Crippen LogP contribution in [0.25, 0.3) is 0 Å². The van der Waals surface area contributed by atoms with Crippen LogP contribution in [0.2, 0.25) is 0 Å². The molecule has 296 valence electrons. The Morgan fingerprint density at radius 2 is 1.33 bits per heavy atom. The highest BCUT2D eigenvalue weighted by molar-refractivity contribution is 5.76. The second-order valence-corrected chi connectivity index (χ2v) is 12.6. The molecule has 0 saturated carbocycles. The molecule has 1 fully saturated rings. The van der Waals surface area contributed by atoms with E-state index in [-0.39, 0.29) is 13.0 Å². The molecule has 1 aromatic heterocycles. The van der Waals surface area contributed by atoms with Gasteiger partial charge in [-0.15, -0.1) is 0 Å². The van der Waals surface area contributed by atoms with E-state index in [1.54, 1.807) is 14.2 Å². The summed E-state index contributed by atoms with van der Waals surface area (Å²) in [6, 6.07) is 25.4. The first-order valence-corrected chi connectivity index (χ1v) is 18.2. The fourth-order valence-corrected chi connectivity index (χ4v) is 6.45. The number of carbonyl (C=O) groups excluding carboxylic acids is 1. The summed E-state index contributed by atoms with van der Waals surface area (Å²) in [4.78, 5) is 53.0. The molecule has 14 nitrogen and oxygen atoms in total. The van der Waals surface area contributed by atoms with E-state index in [1.165, 1.54) is 43.6 Å². The Kier molecular flexibility index (Phi) is 15.8. The van der Waals surface area contributed by atoms with E-state index in [2.05, 4.69) is 30.7 Å². The molecule has 0 bridgehead atoms. The van der Waals surface area contributed by atoms with Gasteiger partial charge in [0.05, 0.1) is 27.1 Å². The minimum absolute atomic E-state index is 0.351. The van der Waals surface area contributed by atoms with Gasteiger partial charge in [0.25, 0.3) is 5.56 Å². The van der Waals surface area contributed by atoms with Crippen molar-refractivity contribution in [1.82, 2.24) is 14.5 Å². The van der Waals surface area contributed by atoms with Crippen LogP contribution < -0.4 is 20.7 Å². The highest BCUT2D eigenvalue weighted by atomic mass is 16.6. The Labute approximate surface area is 320 Å². The van der Waals surface area contributed by atoms with Crippen molar-refractivity contribution < 1.29 is 43.1 Å². The van der Waals surface area contributed by atoms with Gasteiger partial charge >= 0.3 is 17.6 Å². The summed E-state index contributed by atoms with van der Waals surface area (Å²) in [5.74, 6) is -0.650. The number of carboxylic acid groups (broad SMARTS) is 1. The highest BCUT2D eigenvalue weighted by Gasteiger charge is 2.52. The molecule has 2 heterocycles. The Morgan fingerprint density at radius 3 is 1.78 bits per heavy atom. The smallest absolute Gasteiger partial charge is 0.330 e. The zero-order chi connectivity index (χ0) is 40.0. The van der Waals surface area contributed by atoms with Crippen molar-refractivity contribution in [2.45, 2.75) is 63.8 Å². The highest BCUT2D eigenvalue weighted by Crippen LogP contribution is 2.46. The summed E-state index contributed by atoms with van der Waals surface area (Å²) in [6.45, 7) is 9.77. The molecule has 0 radical (unpaired) electrons. The van der Waals surface area contributed by atoms with E-state index in [4.69, 9.17) is 33.5 Å². The lowest BCUT2D eigenvalue weighted by atomic mass is 9.79. The summed E-state index contributed by atoms with van der Waals surface area (Å²) >= 11 is 0. The molecule has 5 rings (SSSR count). The molecular weight excluding hydrogens is 710 g/mol. The Hall–Kier alpha value is -5.28. The van der Waals surface area contributed by atoms with Crippen LogP contribution >= 0.6 is 0 Å². The average Bonchev–Trinajstić information content (AvgIpc) is 3.55. The van der Waals surface area contributed by atoms with E-state index in [0.717, 1.165) is 5.56 Å². The largest absolute Gasteiger partial charge is 0.497 e. The lowest BCUT2D eigenvalue weighted by molar-refractivity contribution is -0.156. The Bertz CT molecular complexity index is 1860. The molecule has 3 aromatic carbocycles. The van der Waals surface area contributed by atoms with E-state index in [1.807, 2.05) is 78.9 Å². The van der Waals surface area contributed by atoms with Crippen LogP contribution in [0.5, 0.6) is 11.5 Å². The Morgan fingerprint density at radius 1 is 0.782 bits per heavy atom. The molecule has 1 saturated heterocycles. The van der Waals surface area contributed by atoms with Crippen molar-refractivity contribution in [3.05, 3.63) is 129 Å². The number of carbonyl (C=O) groups is 2. The first-order valence-electron chi connectivity index (χ1n) is 18.2. The number of ether oxygens (including phenoxy) is 6. The number of H-pyrrole nitrogens is 1. The van der Waals surface area contributed by atoms with Crippen molar-refractivity contribution in [2.75, 3.05) is 47.6 Å². The van der Waals surface area contributed by atoms with Crippen molar-refractivity contribution in [1.29, 1.82) is 0 Å². The SMILES string of the molecule is CCN(CC)CC.COc1ccc(C(O[C@H]2[C@@H](OC)[C@H](n3ccc(=O)[nH]c3=O)O[C@@H]2COC(=O)CCC(=O)O)(c2ccccc2)c2ccc(OC)cc2)cc1. The zero-order valence-corrected chi connectivity index (χ0v) is 32.1. The molecule has 0 unspecified atom stereocenters. The van der Waals surface area contributed by atoms with Crippen LogP contribution in [0.1, 0.15) is 56.5 Å². The van der Waals surface area contributed by atoms with Gasteiger partial charge in [-0.3, -0.25) is 23.9 Å². The summed E-state index contributed by atoms with van der Waals surface area (Å²) in [5, 5.41) is 9.03. The number of aromatic nitrogens is 2. The first-order chi connectivity index (χ1) is 26.5. The maximum Gasteiger partial charge on any atom is 0.330 e. The predicted molar refractivity (Wildman–Crippen MR) is 205 cm³/mol. The van der Waals surface area contributed by atoms with Crippen LogP contribution in [0, 0.1) is 0 Å². The van der Waals surface area contributed by atoms with Gasteiger partial charge in [0.2, 0.25) is 0 Å². The van der Waals surface area contributed by atoms with E-state index in [0.29, 0.717) is 22.6 Å². The number of aliphatic carboxylic acids is 1. The van der Waals surface area contributed by atoms with E-state index < -0.39 is 59.7 Å². The molecular formula is C41H51N3O11. The van der Waals surface area contributed by atoms with Gasteiger partial charge in [0.15, 0.2) is 6.23 Å². The number of benzene rings is 3. The molecule has 1 aliphatic heterocycles. The number of hydrogen-bond donors (Lipinski definition) is 2. The van der Waals surface area contributed by atoms with Crippen LogP contribution in [-0.2, 0) is 34.1 Å². The third kappa shape index (κ3) is 10.5. The molecule has 4 atom stereocenters. The normalized spacial score (nSPS) is 17.9. The van der Waals surface area contributed by atoms with Gasteiger partial charge in [-0.05, 0) is 60.6 Å². The van der Waals surface area contributed by atoms with Crippen LogP contribution in [0.15, 0.2) is 101 Å². The summed E-state index contributed by atoms with van der Waals surface area (Å²) < 4.78 is 37.1. The van der Waals surface area contributed by atoms with E-state index >= 15 is 0 Å². The summed E-state index contributed by atoms with van der Waals surface area (Å²) in [7, 11) is 4.57. The van der Waals surface area contributed by atoms with Crippen molar-refractivity contribution in [3.8, 4) is 11.5 Å². The minimum atomic E-state index is -1.35. The quantitative estimate of drug-likeness (QED) is 0.114. The van der Waals surface area contributed by atoms with Gasteiger partial charge in [-0.1, -0.05) is 75.4 Å². The second-order valence-electron chi connectivity index (χ2n) is 12.6. The van der Waals surface area contributed by atoms with Crippen molar-refractivity contribution in [2.24, 2.45) is 0 Å². The van der Waals surface area contributed by atoms with E-state index in [9.17, 15) is 19.2 Å². The van der Waals surface area contributed by atoms with Gasteiger partial charge in [-0.2, -0.15) is 0 Å². The molecule has 14 heteroatoms. The lowest BCUT2D eigenvalue weighted by Gasteiger charge is -2.40. The number of carboxylic acids is 1. The van der Waals surface area contributed by atoms with Gasteiger partial charge in [0, 0.05) is 19.4 Å². The fourth-order valence-electron chi connectivity index (χ4n) is 6.45. The molecule has 4 aromatic rings. The maximum atomic E-state index is 13.0.